The Balaban J connectivity index is 1.48. The van der Waals surface area contributed by atoms with Crippen molar-refractivity contribution in [3.8, 4) is 5.75 Å². The largest absolute Gasteiger partial charge is 0.489 e. The van der Waals surface area contributed by atoms with Gasteiger partial charge in [-0.25, -0.2) is 4.79 Å². The molecule has 0 aliphatic heterocycles. The van der Waals surface area contributed by atoms with Gasteiger partial charge in [0.05, 0.1) is 7.11 Å². The van der Waals surface area contributed by atoms with Gasteiger partial charge in [0.15, 0.2) is 5.71 Å². The van der Waals surface area contributed by atoms with Gasteiger partial charge in [0, 0.05) is 16.4 Å². The average Bonchev–Trinajstić information content (AvgIpc) is 3.40. The van der Waals surface area contributed by atoms with Crippen LogP contribution in [0.25, 0.3) is 0 Å². The zero-order valence-corrected chi connectivity index (χ0v) is 17.7. The minimum absolute atomic E-state index is 0.115. The highest BCUT2D eigenvalue weighted by molar-refractivity contribution is 7.10. The van der Waals surface area contributed by atoms with E-state index in [4.69, 9.17) is 14.3 Å². The number of esters is 1. The lowest BCUT2D eigenvalue weighted by molar-refractivity contribution is -0.132. The Labute approximate surface area is 179 Å². The first-order valence-electron chi connectivity index (χ1n) is 9.75. The fourth-order valence-electron chi connectivity index (χ4n) is 3.64. The molecule has 5 nitrogen and oxygen atoms in total. The molecule has 2 unspecified atom stereocenters. The topological polar surface area (TPSA) is 57.1 Å². The van der Waals surface area contributed by atoms with Crippen molar-refractivity contribution < 1.29 is 19.1 Å². The van der Waals surface area contributed by atoms with Crippen molar-refractivity contribution in [3.63, 3.8) is 0 Å². The molecule has 1 fully saturated rings. The van der Waals surface area contributed by atoms with E-state index in [9.17, 15) is 4.79 Å². The van der Waals surface area contributed by atoms with Gasteiger partial charge in [0.2, 0.25) is 0 Å². The Morgan fingerprint density at radius 2 is 1.93 bits per heavy atom. The number of thiophene rings is 1. The van der Waals surface area contributed by atoms with Crippen molar-refractivity contribution in [2.75, 3.05) is 14.2 Å². The average molecular weight is 422 g/mol. The van der Waals surface area contributed by atoms with Crippen LogP contribution in [0.3, 0.4) is 0 Å². The minimum Gasteiger partial charge on any atom is -0.489 e. The van der Waals surface area contributed by atoms with Gasteiger partial charge in [-0.05, 0) is 47.0 Å². The van der Waals surface area contributed by atoms with Gasteiger partial charge >= 0.3 is 5.97 Å². The Morgan fingerprint density at radius 1 is 1.07 bits per heavy atom. The van der Waals surface area contributed by atoms with Crippen LogP contribution < -0.4 is 4.74 Å². The Hall–Kier alpha value is -3.12. The van der Waals surface area contributed by atoms with E-state index in [0.717, 1.165) is 11.3 Å². The molecular weight excluding hydrogens is 398 g/mol. The lowest BCUT2D eigenvalue weighted by Gasteiger charge is -2.12. The van der Waals surface area contributed by atoms with Crippen LogP contribution in [0, 0.1) is 0 Å². The maximum atomic E-state index is 12.1. The Kier molecular flexibility index (Phi) is 6.14. The minimum atomic E-state index is -0.556. The molecule has 3 aromatic rings. The molecule has 4 rings (SSSR count). The molecule has 0 bridgehead atoms. The smallest absolute Gasteiger partial charge is 0.360 e. The first kappa shape index (κ1) is 20.2. The van der Waals surface area contributed by atoms with Gasteiger partial charge in [-0.3, -0.25) is 0 Å². The first-order chi connectivity index (χ1) is 14.7. The van der Waals surface area contributed by atoms with E-state index in [0.29, 0.717) is 24.0 Å². The molecule has 1 aliphatic carbocycles. The van der Waals surface area contributed by atoms with Crippen LogP contribution in [-0.2, 0) is 21.0 Å². The molecule has 6 heteroatoms. The van der Waals surface area contributed by atoms with Crippen LogP contribution in [0.2, 0.25) is 0 Å². The molecule has 0 spiro atoms. The summed E-state index contributed by atoms with van der Waals surface area (Å²) < 4.78 is 10.9. The highest BCUT2D eigenvalue weighted by atomic mass is 32.1. The number of hydrogen-bond acceptors (Lipinski definition) is 6. The van der Waals surface area contributed by atoms with E-state index in [1.54, 1.807) is 6.07 Å². The summed E-state index contributed by atoms with van der Waals surface area (Å²) in [6, 6.07) is 20.0. The lowest BCUT2D eigenvalue weighted by atomic mass is 10.0. The number of carbonyl (C=O) groups is 1. The Bertz CT molecular complexity index is 1040. The van der Waals surface area contributed by atoms with E-state index in [2.05, 4.69) is 34.8 Å². The van der Waals surface area contributed by atoms with Gasteiger partial charge in [-0.1, -0.05) is 47.6 Å². The molecule has 30 heavy (non-hydrogen) atoms. The van der Waals surface area contributed by atoms with Crippen molar-refractivity contribution in [2.45, 2.75) is 24.9 Å². The summed E-state index contributed by atoms with van der Waals surface area (Å²) in [6.07, 6.45) is 1.18. The zero-order chi connectivity index (χ0) is 20.9. The molecule has 0 N–H and O–H groups in total. The SMILES string of the molecule is CO/N=C(\C(=O)OC)c1ccccc1COc1cccc(C2CC2c2cccs2)c1. The maximum absolute atomic E-state index is 12.1. The number of benzene rings is 2. The number of rotatable bonds is 8. The normalized spacial score (nSPS) is 18.0. The van der Waals surface area contributed by atoms with E-state index in [-0.39, 0.29) is 5.71 Å². The van der Waals surface area contributed by atoms with Gasteiger partial charge in [0.1, 0.15) is 19.5 Å². The monoisotopic (exact) mass is 421 g/mol. The number of ether oxygens (including phenoxy) is 2. The number of oxime groups is 1. The highest BCUT2D eigenvalue weighted by Gasteiger charge is 2.40. The summed E-state index contributed by atoms with van der Waals surface area (Å²) in [4.78, 5) is 18.4. The summed E-state index contributed by atoms with van der Waals surface area (Å²) in [5.41, 5.74) is 2.87. The molecular formula is C24H23NO4S. The molecule has 1 aliphatic rings. The summed E-state index contributed by atoms with van der Waals surface area (Å²) in [5, 5.41) is 5.98. The number of methoxy groups -OCH3 is 1. The van der Waals surface area contributed by atoms with E-state index >= 15 is 0 Å². The molecule has 1 heterocycles. The quantitative estimate of drug-likeness (QED) is 0.288. The van der Waals surface area contributed by atoms with E-state index < -0.39 is 5.97 Å². The van der Waals surface area contributed by atoms with Crippen molar-refractivity contribution in [3.05, 3.63) is 87.6 Å². The molecule has 0 amide bonds. The molecule has 0 saturated heterocycles. The fourth-order valence-corrected chi connectivity index (χ4v) is 4.54. The van der Waals surface area contributed by atoms with Crippen LogP contribution >= 0.6 is 11.3 Å². The van der Waals surface area contributed by atoms with Crippen LogP contribution in [0.4, 0.5) is 0 Å². The highest BCUT2D eigenvalue weighted by Crippen LogP contribution is 2.56. The summed E-state index contributed by atoms with van der Waals surface area (Å²) in [5.74, 6) is 1.43. The van der Waals surface area contributed by atoms with Crippen LogP contribution in [-0.4, -0.2) is 25.9 Å². The van der Waals surface area contributed by atoms with Gasteiger partial charge in [-0.15, -0.1) is 11.3 Å². The molecule has 1 aromatic heterocycles. The zero-order valence-electron chi connectivity index (χ0n) is 16.9. The van der Waals surface area contributed by atoms with Gasteiger partial charge < -0.3 is 14.3 Å². The predicted octanol–water partition coefficient (Wildman–Crippen LogP) is 5.12. The second kappa shape index (κ2) is 9.13. The van der Waals surface area contributed by atoms with Crippen molar-refractivity contribution in [1.29, 1.82) is 0 Å². The predicted molar refractivity (Wildman–Crippen MR) is 117 cm³/mol. The first-order valence-corrected chi connectivity index (χ1v) is 10.6. The van der Waals surface area contributed by atoms with Crippen LogP contribution in [0.1, 0.15) is 39.8 Å². The van der Waals surface area contributed by atoms with Gasteiger partial charge in [-0.2, -0.15) is 0 Å². The van der Waals surface area contributed by atoms with Gasteiger partial charge in [0.25, 0.3) is 0 Å². The third-order valence-electron chi connectivity index (χ3n) is 5.21. The summed E-state index contributed by atoms with van der Waals surface area (Å²) in [7, 11) is 2.72. The lowest BCUT2D eigenvalue weighted by Crippen LogP contribution is -2.19. The van der Waals surface area contributed by atoms with Crippen molar-refractivity contribution in [2.24, 2.45) is 5.16 Å². The standard InChI is InChI=1S/C24H23NO4S/c1-27-24(26)23(25-28-2)19-10-4-3-7-17(19)15-29-18-9-5-8-16(13-18)20-14-21(20)22-11-6-12-30-22/h3-13,20-21H,14-15H2,1-2H3/b25-23-. The third-order valence-corrected chi connectivity index (χ3v) is 6.22. The van der Waals surface area contributed by atoms with E-state index in [1.165, 1.54) is 31.1 Å². The van der Waals surface area contributed by atoms with Crippen LogP contribution in [0.15, 0.2) is 71.2 Å². The van der Waals surface area contributed by atoms with Crippen LogP contribution in [0.5, 0.6) is 5.75 Å². The number of nitrogens with zero attached hydrogens (tertiary/aromatic N) is 1. The molecule has 2 aromatic carbocycles. The fraction of sp³-hybridized carbons (Fsp3) is 0.250. The summed E-state index contributed by atoms with van der Waals surface area (Å²) in [6.45, 7) is 0.304. The second-order valence-corrected chi connectivity index (χ2v) is 8.08. The number of hydrogen-bond donors (Lipinski definition) is 0. The molecule has 154 valence electrons. The Morgan fingerprint density at radius 3 is 2.70 bits per heavy atom. The molecule has 1 saturated carbocycles. The molecule has 0 radical (unpaired) electrons. The van der Waals surface area contributed by atoms with Crippen molar-refractivity contribution in [1.82, 2.24) is 0 Å². The summed E-state index contributed by atoms with van der Waals surface area (Å²) >= 11 is 1.83. The molecule has 2 atom stereocenters. The van der Waals surface area contributed by atoms with E-state index in [1.807, 2.05) is 41.7 Å². The second-order valence-electron chi connectivity index (χ2n) is 7.10. The number of carbonyl (C=O) groups excluding carboxylic acids is 1. The maximum Gasteiger partial charge on any atom is 0.360 e. The third kappa shape index (κ3) is 4.39. The van der Waals surface area contributed by atoms with Crippen molar-refractivity contribution >= 4 is 23.0 Å².